The number of nitrogens with zero attached hydrogens (tertiary/aromatic N) is 1. The molecule has 0 aromatic heterocycles. The van der Waals surface area contributed by atoms with E-state index in [0.29, 0.717) is 24.7 Å². The van der Waals surface area contributed by atoms with E-state index in [2.05, 4.69) is 26.5 Å². The van der Waals surface area contributed by atoms with Gasteiger partial charge in [0.05, 0.1) is 5.92 Å². The van der Waals surface area contributed by atoms with Crippen molar-refractivity contribution in [3.63, 3.8) is 0 Å². The molecule has 184 valence electrons. The molecule has 32 heavy (non-hydrogen) atoms. The van der Waals surface area contributed by atoms with Crippen LogP contribution in [-0.2, 0) is 4.79 Å². The first-order chi connectivity index (χ1) is 14.9. The maximum atomic E-state index is 13.2. The van der Waals surface area contributed by atoms with Crippen LogP contribution in [0.15, 0.2) is 4.99 Å². The summed E-state index contributed by atoms with van der Waals surface area (Å²) in [6.07, 6.45) is 1.30. The third kappa shape index (κ3) is 7.48. The van der Waals surface area contributed by atoms with Crippen molar-refractivity contribution >= 4 is 23.5 Å². The average molecular weight is 480 g/mol. The van der Waals surface area contributed by atoms with Gasteiger partial charge < -0.3 is 5.32 Å². The predicted octanol–water partition coefficient (Wildman–Crippen LogP) is 4.21. The minimum atomic E-state index is -4.25. The molecule has 4 N–H and O–H groups in total. The van der Waals surface area contributed by atoms with Crippen molar-refractivity contribution in [2.45, 2.75) is 108 Å². The van der Waals surface area contributed by atoms with E-state index >= 15 is 0 Å². The molecule has 10 heteroatoms. The molecular formula is C22H37ClF3N5O. The summed E-state index contributed by atoms with van der Waals surface area (Å²) < 4.78 is 39.5. The van der Waals surface area contributed by atoms with Gasteiger partial charge in [0.2, 0.25) is 5.91 Å². The lowest BCUT2D eigenvalue weighted by molar-refractivity contribution is -0.186. The van der Waals surface area contributed by atoms with Crippen molar-refractivity contribution < 1.29 is 18.0 Å². The monoisotopic (exact) mass is 479 g/mol. The van der Waals surface area contributed by atoms with Gasteiger partial charge in [0.15, 0.2) is 5.96 Å². The summed E-state index contributed by atoms with van der Waals surface area (Å²) in [6, 6.07) is 0.283. The molecule has 1 heterocycles. The summed E-state index contributed by atoms with van der Waals surface area (Å²) in [5, 5.41) is 6.26. The van der Waals surface area contributed by atoms with E-state index in [-0.39, 0.29) is 36.0 Å². The number of hydrogen-bond donors (Lipinski definition) is 4. The minimum Gasteiger partial charge on any atom is -0.351 e. The molecule has 2 saturated carbocycles. The molecule has 3 aliphatic rings. The van der Waals surface area contributed by atoms with Gasteiger partial charge in [0, 0.05) is 29.3 Å². The van der Waals surface area contributed by atoms with Crippen LogP contribution in [0.25, 0.3) is 0 Å². The fourth-order valence-corrected chi connectivity index (χ4v) is 5.24. The molecule has 4 unspecified atom stereocenters. The van der Waals surface area contributed by atoms with Crippen LogP contribution in [0.2, 0.25) is 0 Å². The predicted molar refractivity (Wildman–Crippen MR) is 120 cm³/mol. The van der Waals surface area contributed by atoms with Crippen molar-refractivity contribution in [2.24, 2.45) is 22.7 Å². The minimum absolute atomic E-state index is 0.0964. The maximum Gasteiger partial charge on any atom is 0.391 e. The van der Waals surface area contributed by atoms with Gasteiger partial charge in [-0.3, -0.25) is 15.5 Å². The number of rotatable bonds is 3. The number of carbonyl (C=O) groups excluding carboxylic acids is 1. The van der Waals surface area contributed by atoms with Crippen molar-refractivity contribution in [2.75, 3.05) is 0 Å². The van der Waals surface area contributed by atoms with Crippen molar-refractivity contribution in [1.29, 1.82) is 0 Å². The number of carbonyl (C=O) groups is 1. The Hall–Kier alpha value is -1.06. The van der Waals surface area contributed by atoms with Gasteiger partial charge in [-0.1, -0.05) is 6.42 Å². The van der Waals surface area contributed by atoms with E-state index in [1.165, 1.54) is 0 Å². The fourth-order valence-electron chi connectivity index (χ4n) is 4.99. The standard InChI is InChI=1S/C22H37ClF3N5O/c1-21(2,3)29-20(28-19(32)14-5-4-6-15(11-14)22(24,25)26)27-18-12-17(30-31-18)13-7-9-16(23)10-8-13/h13-18,30-31H,4-12H2,1-3H3,(H2,27,28,29,32). The van der Waals surface area contributed by atoms with Crippen LogP contribution < -0.4 is 21.5 Å². The zero-order valence-corrected chi connectivity index (χ0v) is 20.0. The lowest BCUT2D eigenvalue weighted by atomic mass is 9.80. The summed E-state index contributed by atoms with van der Waals surface area (Å²) in [6.45, 7) is 5.84. The lowest BCUT2D eigenvalue weighted by Gasteiger charge is -2.31. The Morgan fingerprint density at radius 2 is 1.69 bits per heavy atom. The van der Waals surface area contributed by atoms with Crippen molar-refractivity contribution in [3.05, 3.63) is 0 Å². The first kappa shape index (κ1) is 25.6. The van der Waals surface area contributed by atoms with Crippen LogP contribution in [-0.4, -0.2) is 41.2 Å². The highest BCUT2D eigenvalue weighted by Gasteiger charge is 2.43. The zero-order chi connectivity index (χ0) is 23.5. The highest BCUT2D eigenvalue weighted by Crippen LogP contribution is 2.40. The molecule has 1 saturated heterocycles. The molecule has 3 fully saturated rings. The van der Waals surface area contributed by atoms with Crippen molar-refractivity contribution in [3.8, 4) is 0 Å². The number of hydrogen-bond acceptors (Lipinski definition) is 4. The number of alkyl halides is 4. The second-order valence-corrected chi connectivity index (χ2v) is 11.2. The Balaban J connectivity index is 1.62. The molecule has 1 amide bonds. The highest BCUT2D eigenvalue weighted by molar-refractivity contribution is 6.20. The maximum absolute atomic E-state index is 13.2. The molecule has 3 rings (SSSR count). The van der Waals surface area contributed by atoms with E-state index in [1.54, 1.807) is 0 Å². The third-order valence-electron chi connectivity index (χ3n) is 6.71. The highest BCUT2D eigenvalue weighted by atomic mass is 35.5. The summed E-state index contributed by atoms with van der Waals surface area (Å²) in [4.78, 5) is 17.5. The number of guanidine groups is 1. The smallest absolute Gasteiger partial charge is 0.351 e. The molecule has 0 aromatic carbocycles. The molecule has 0 spiro atoms. The Bertz CT molecular complexity index is 673. The van der Waals surface area contributed by atoms with E-state index < -0.39 is 23.9 Å². The molecular weight excluding hydrogens is 443 g/mol. The van der Waals surface area contributed by atoms with E-state index in [4.69, 9.17) is 11.6 Å². The number of hydrazine groups is 1. The largest absolute Gasteiger partial charge is 0.391 e. The Morgan fingerprint density at radius 3 is 2.31 bits per heavy atom. The van der Waals surface area contributed by atoms with Crippen LogP contribution in [0, 0.1) is 17.8 Å². The Morgan fingerprint density at radius 1 is 1.00 bits per heavy atom. The fraction of sp³-hybridized carbons (Fsp3) is 0.909. The molecule has 0 radical (unpaired) electrons. The molecule has 1 aliphatic heterocycles. The molecule has 0 bridgehead atoms. The van der Waals surface area contributed by atoms with E-state index in [1.807, 2.05) is 20.8 Å². The van der Waals surface area contributed by atoms with Gasteiger partial charge in [-0.05, 0) is 71.6 Å². The second-order valence-electron chi connectivity index (χ2n) is 10.6. The Kier molecular flexibility index (Phi) is 8.36. The van der Waals surface area contributed by atoms with E-state index in [9.17, 15) is 18.0 Å². The molecule has 4 atom stereocenters. The summed E-state index contributed by atoms with van der Waals surface area (Å²) in [5.41, 5.74) is 6.17. The zero-order valence-electron chi connectivity index (χ0n) is 19.2. The molecule has 0 aromatic rings. The summed E-state index contributed by atoms with van der Waals surface area (Å²) in [7, 11) is 0. The molecule has 6 nitrogen and oxygen atoms in total. The quantitative estimate of drug-likeness (QED) is 0.278. The third-order valence-corrected chi connectivity index (χ3v) is 7.15. The summed E-state index contributed by atoms with van der Waals surface area (Å²) >= 11 is 6.23. The van der Waals surface area contributed by atoms with Crippen LogP contribution in [0.3, 0.4) is 0 Å². The second kappa shape index (κ2) is 10.5. The average Bonchev–Trinajstić information content (AvgIpc) is 3.15. The van der Waals surface area contributed by atoms with Crippen LogP contribution >= 0.6 is 11.6 Å². The Labute approximate surface area is 193 Å². The van der Waals surface area contributed by atoms with Gasteiger partial charge in [0.25, 0.3) is 0 Å². The van der Waals surface area contributed by atoms with Gasteiger partial charge in [-0.15, -0.1) is 11.6 Å². The number of nitrogens with one attached hydrogen (secondary N) is 4. The number of aliphatic imine (C=N–C) groups is 1. The van der Waals surface area contributed by atoms with Crippen LogP contribution in [0.1, 0.15) is 78.6 Å². The van der Waals surface area contributed by atoms with E-state index in [0.717, 1.165) is 32.1 Å². The SMILES string of the molecule is CC(C)(C)N/C(=N\C1CC(C2CCC(Cl)CC2)NN1)NC(=O)C1CCCC(C(F)(F)F)C1. The first-order valence-electron chi connectivity index (χ1n) is 11.8. The van der Waals surface area contributed by atoms with Gasteiger partial charge in [-0.2, -0.15) is 13.2 Å². The van der Waals surface area contributed by atoms with Gasteiger partial charge in [-0.25, -0.2) is 10.4 Å². The lowest BCUT2D eigenvalue weighted by Crippen LogP contribution is -2.52. The number of halogens is 4. The van der Waals surface area contributed by atoms with Gasteiger partial charge in [0.1, 0.15) is 6.17 Å². The first-order valence-corrected chi connectivity index (χ1v) is 12.2. The topological polar surface area (TPSA) is 77.6 Å². The van der Waals surface area contributed by atoms with Crippen LogP contribution in [0.5, 0.6) is 0 Å². The molecule has 2 aliphatic carbocycles. The summed E-state index contributed by atoms with van der Waals surface area (Å²) in [5.74, 6) is -1.62. The number of amides is 1. The van der Waals surface area contributed by atoms with Gasteiger partial charge >= 0.3 is 6.18 Å². The van der Waals surface area contributed by atoms with Crippen LogP contribution in [0.4, 0.5) is 13.2 Å². The normalized spacial score (nSPS) is 34.9. The van der Waals surface area contributed by atoms with Crippen molar-refractivity contribution in [1.82, 2.24) is 21.5 Å².